The van der Waals surface area contributed by atoms with Crippen LogP contribution in [0.15, 0.2) is 0 Å². The summed E-state index contributed by atoms with van der Waals surface area (Å²) in [7, 11) is -17.6. The van der Waals surface area contributed by atoms with Crippen molar-refractivity contribution in [1.29, 1.82) is 0 Å². The summed E-state index contributed by atoms with van der Waals surface area (Å²) in [5.74, 6) is 0. The lowest BCUT2D eigenvalue weighted by molar-refractivity contribution is 0.0129. The van der Waals surface area contributed by atoms with Crippen LogP contribution in [0.3, 0.4) is 0 Å². The first-order chi connectivity index (χ1) is 21.6. The summed E-state index contributed by atoms with van der Waals surface area (Å²) in [4.78, 5) is 0. The van der Waals surface area contributed by atoms with E-state index in [1.807, 2.05) is 0 Å². The van der Waals surface area contributed by atoms with Crippen LogP contribution in [0.25, 0.3) is 0 Å². The lowest BCUT2D eigenvalue weighted by atomic mass is 10.5. The lowest BCUT2D eigenvalue weighted by Crippen LogP contribution is -2.73. The normalized spacial score (nSPS) is 31.3. The first kappa shape index (κ1) is 43.7. The summed E-state index contributed by atoms with van der Waals surface area (Å²) in [5.41, 5.74) is 0. The van der Waals surface area contributed by atoms with E-state index in [0.717, 1.165) is 64.2 Å². The van der Waals surface area contributed by atoms with Crippen molar-refractivity contribution in [3.8, 4) is 0 Å². The van der Waals surface area contributed by atoms with Crippen LogP contribution in [-0.4, -0.2) is 77.1 Å². The smallest absolute Gasteiger partial charge is 0.374 e. The van der Waals surface area contributed by atoms with E-state index in [1.54, 1.807) is 0 Å². The van der Waals surface area contributed by atoms with Gasteiger partial charge in [0.2, 0.25) is 0 Å². The predicted molar refractivity (Wildman–Crippen MR) is 191 cm³/mol. The highest BCUT2D eigenvalue weighted by molar-refractivity contribution is 6.89. The second-order valence-electron chi connectivity index (χ2n) is 11.9. The molecule has 1 aliphatic heterocycles. The summed E-state index contributed by atoms with van der Waals surface area (Å²) >= 11 is 0. The summed E-state index contributed by atoms with van der Waals surface area (Å²) in [6.07, 6.45) is 8.21. The largest absolute Gasteiger partial charge is 0.486 e. The molecule has 0 aliphatic carbocycles. The van der Waals surface area contributed by atoms with Crippen molar-refractivity contribution in [3.05, 3.63) is 0 Å². The highest BCUT2D eigenvalue weighted by Gasteiger charge is 2.67. The maximum Gasteiger partial charge on any atom is 0.486 e. The van der Waals surface area contributed by atoms with E-state index in [0.29, 0.717) is 63.3 Å². The third kappa shape index (κ3) is 14.2. The zero-order chi connectivity index (χ0) is 33.7. The molecule has 270 valence electrons. The molecule has 0 spiro atoms. The molecule has 0 saturated carbocycles. The van der Waals surface area contributed by atoms with E-state index in [2.05, 4.69) is 69.2 Å². The maximum atomic E-state index is 7.37. The molecule has 0 unspecified atom stereocenters. The van der Waals surface area contributed by atoms with E-state index in [-0.39, 0.29) is 0 Å². The standard InChI is InChI=1S/C30H70O10Si5/c1-11-21-31-41(26-16-6)36-42(27-17-7,32-22-12-2)38-44(29-19-9,34-24-14-4)40-45(30-20-10,35-25-15-5)39-43(37-41,28-18-8)33-23-13-3/h11-30H2,1-10H3. The molecule has 45 heavy (non-hydrogen) atoms. The average molecular weight is 731 g/mol. The summed E-state index contributed by atoms with van der Waals surface area (Å²) in [6, 6.07) is 3.05. The summed E-state index contributed by atoms with van der Waals surface area (Å²) in [5, 5.41) is 0. The third-order valence-corrected chi connectivity index (χ3v) is 28.2. The molecular formula is C30H70O10Si5. The first-order valence-corrected chi connectivity index (χ1v) is 28.0. The van der Waals surface area contributed by atoms with Crippen molar-refractivity contribution in [1.82, 2.24) is 0 Å². The Balaban J connectivity index is 4.30. The number of hydrogen-bond acceptors (Lipinski definition) is 10. The topological polar surface area (TPSA) is 92.3 Å². The lowest BCUT2D eigenvalue weighted by Gasteiger charge is -2.50. The van der Waals surface area contributed by atoms with Gasteiger partial charge in [-0.25, -0.2) is 0 Å². The van der Waals surface area contributed by atoms with E-state index in [4.69, 9.17) is 42.7 Å². The van der Waals surface area contributed by atoms with Crippen LogP contribution in [0.4, 0.5) is 0 Å². The van der Waals surface area contributed by atoms with Crippen molar-refractivity contribution in [2.45, 2.75) is 164 Å². The van der Waals surface area contributed by atoms with E-state index < -0.39 is 44.0 Å². The minimum Gasteiger partial charge on any atom is -0.374 e. The van der Waals surface area contributed by atoms with E-state index >= 15 is 0 Å². The number of rotatable bonds is 25. The van der Waals surface area contributed by atoms with Crippen molar-refractivity contribution in [2.24, 2.45) is 0 Å². The molecular weight excluding hydrogens is 661 g/mol. The zero-order valence-corrected chi connectivity index (χ0v) is 35.7. The van der Waals surface area contributed by atoms with Gasteiger partial charge in [0.15, 0.2) is 0 Å². The van der Waals surface area contributed by atoms with Gasteiger partial charge in [0, 0.05) is 63.3 Å². The van der Waals surface area contributed by atoms with Gasteiger partial charge < -0.3 is 42.7 Å². The van der Waals surface area contributed by atoms with Gasteiger partial charge in [-0.15, -0.1) is 0 Å². The highest BCUT2D eigenvalue weighted by atomic mass is 28.6. The second-order valence-corrected chi connectivity index (χ2v) is 26.8. The fraction of sp³-hybridized carbons (Fsp3) is 1.00. The fourth-order valence-corrected chi connectivity index (χ4v) is 30.3. The Morgan fingerprint density at radius 1 is 0.267 bits per heavy atom. The monoisotopic (exact) mass is 730 g/mol. The van der Waals surface area contributed by atoms with Crippen molar-refractivity contribution < 1.29 is 42.7 Å². The van der Waals surface area contributed by atoms with Gasteiger partial charge in [-0.2, -0.15) is 0 Å². The van der Waals surface area contributed by atoms with Gasteiger partial charge in [0.1, 0.15) is 0 Å². The Morgan fingerprint density at radius 3 is 0.533 bits per heavy atom. The van der Waals surface area contributed by atoms with Gasteiger partial charge in [-0.3, -0.25) is 0 Å². The second kappa shape index (κ2) is 23.2. The molecule has 15 heteroatoms. The van der Waals surface area contributed by atoms with Gasteiger partial charge in [-0.05, 0) is 32.1 Å². The minimum atomic E-state index is -3.52. The summed E-state index contributed by atoms with van der Waals surface area (Å²) in [6.45, 7) is 23.8. The van der Waals surface area contributed by atoms with Crippen LogP contribution >= 0.6 is 0 Å². The van der Waals surface area contributed by atoms with Gasteiger partial charge >= 0.3 is 44.0 Å². The Bertz CT molecular complexity index is 605. The Labute approximate surface area is 282 Å². The molecule has 1 fully saturated rings. The van der Waals surface area contributed by atoms with Crippen LogP contribution in [0.2, 0.25) is 30.2 Å². The van der Waals surface area contributed by atoms with Crippen LogP contribution in [0, 0.1) is 0 Å². The Hall–Kier alpha value is 0.684. The molecule has 0 aromatic carbocycles. The molecule has 0 atom stereocenters. The molecule has 0 amide bonds. The quantitative estimate of drug-likeness (QED) is 0.0848. The molecule has 1 rings (SSSR count). The molecule has 0 N–H and O–H groups in total. The van der Waals surface area contributed by atoms with E-state index in [1.165, 1.54) is 0 Å². The fourth-order valence-electron chi connectivity index (χ4n) is 5.27. The van der Waals surface area contributed by atoms with Crippen molar-refractivity contribution in [2.75, 3.05) is 33.0 Å². The highest BCUT2D eigenvalue weighted by Crippen LogP contribution is 2.41. The minimum absolute atomic E-state index is 0.505. The van der Waals surface area contributed by atoms with Crippen LogP contribution in [0.5, 0.6) is 0 Å². The van der Waals surface area contributed by atoms with Crippen LogP contribution < -0.4 is 0 Å². The summed E-state index contributed by atoms with van der Waals surface area (Å²) < 4.78 is 71.0. The third-order valence-electron chi connectivity index (χ3n) is 6.97. The molecule has 0 aromatic rings. The average Bonchev–Trinajstić information content (AvgIpc) is 3.00. The SMILES string of the molecule is CCCO[Si]1(CCC)O[Si](CCC)(OCCC)O[Si](CCC)(OCCC)O[Si](CCC)(OCCC)O[Si](CCC)(OCCC)O1. The first-order valence-electron chi connectivity index (χ1n) is 18.3. The molecule has 10 nitrogen and oxygen atoms in total. The maximum absolute atomic E-state index is 7.37. The van der Waals surface area contributed by atoms with Crippen molar-refractivity contribution in [3.63, 3.8) is 0 Å². The van der Waals surface area contributed by atoms with Crippen LogP contribution in [-0.2, 0) is 42.7 Å². The predicted octanol–water partition coefficient (Wildman–Crippen LogP) is 8.96. The molecule has 0 bridgehead atoms. The molecule has 1 aliphatic rings. The van der Waals surface area contributed by atoms with Gasteiger partial charge in [0.25, 0.3) is 0 Å². The zero-order valence-electron chi connectivity index (χ0n) is 30.7. The van der Waals surface area contributed by atoms with Gasteiger partial charge in [-0.1, -0.05) is 101 Å². The Kier molecular flexibility index (Phi) is 22.5. The van der Waals surface area contributed by atoms with Gasteiger partial charge in [0.05, 0.1) is 0 Å². The van der Waals surface area contributed by atoms with Crippen LogP contribution in [0.1, 0.15) is 133 Å². The molecule has 0 aromatic heterocycles. The molecule has 1 saturated heterocycles. The molecule has 1 heterocycles. The van der Waals surface area contributed by atoms with Crippen molar-refractivity contribution >= 4 is 44.0 Å². The molecule has 0 radical (unpaired) electrons. The number of hydrogen-bond donors (Lipinski definition) is 0. The van der Waals surface area contributed by atoms with E-state index in [9.17, 15) is 0 Å². The Morgan fingerprint density at radius 2 is 0.422 bits per heavy atom.